The molecule has 1 unspecified atom stereocenters. The van der Waals surface area contributed by atoms with Crippen molar-refractivity contribution in [2.45, 2.75) is 12.5 Å². The average Bonchev–Trinajstić information content (AvgIpc) is 2.79. The van der Waals surface area contributed by atoms with Crippen molar-refractivity contribution >= 4 is 5.96 Å². The van der Waals surface area contributed by atoms with Crippen LogP contribution in [0.1, 0.15) is 18.1 Å². The van der Waals surface area contributed by atoms with Crippen LogP contribution in [0.15, 0.2) is 72.8 Å². The molecule has 0 spiro atoms. The Balaban J connectivity index is 2.14. The molecule has 0 bridgehead atoms. The van der Waals surface area contributed by atoms with Crippen molar-refractivity contribution in [3.8, 4) is 16.9 Å². The maximum Gasteiger partial charge on any atom is 0.193 e. The Labute approximate surface area is 176 Å². The molecule has 156 valence electrons. The molecule has 3 aromatic carbocycles. The van der Waals surface area contributed by atoms with E-state index in [0.29, 0.717) is 11.3 Å². The van der Waals surface area contributed by atoms with Crippen molar-refractivity contribution < 1.29 is 14.2 Å². The van der Waals surface area contributed by atoms with Gasteiger partial charge in [0.2, 0.25) is 0 Å². The zero-order valence-corrected chi connectivity index (χ0v) is 17.3. The van der Waals surface area contributed by atoms with E-state index >= 15 is 4.39 Å². The molecule has 5 nitrogen and oxygen atoms in total. The van der Waals surface area contributed by atoms with Gasteiger partial charge in [-0.25, -0.2) is 4.39 Å². The second-order valence-corrected chi connectivity index (χ2v) is 7.23. The molecule has 0 aliphatic carbocycles. The molecule has 3 rings (SSSR count). The molecule has 3 N–H and O–H groups in total. The third-order valence-electron chi connectivity index (χ3n) is 5.22. The number of ether oxygens (including phenoxy) is 1. The Bertz CT molecular complexity index is 1030. The van der Waals surface area contributed by atoms with Crippen LogP contribution in [0.2, 0.25) is 0 Å². The Morgan fingerprint density at radius 3 is 2.43 bits per heavy atom. The van der Waals surface area contributed by atoms with Gasteiger partial charge in [0.1, 0.15) is 18.3 Å². The van der Waals surface area contributed by atoms with Crippen LogP contribution in [0.3, 0.4) is 0 Å². The summed E-state index contributed by atoms with van der Waals surface area (Å²) in [5.41, 5.74) is 1.87. The van der Waals surface area contributed by atoms with E-state index in [0.717, 1.165) is 16.7 Å². The summed E-state index contributed by atoms with van der Waals surface area (Å²) >= 11 is 0. The van der Waals surface area contributed by atoms with E-state index in [1.54, 1.807) is 26.3 Å². The lowest BCUT2D eigenvalue weighted by Crippen LogP contribution is -2.50. The van der Waals surface area contributed by atoms with Crippen molar-refractivity contribution in [1.82, 2.24) is 10.2 Å². The number of hydrogen-bond acceptors (Lipinski definition) is 3. The SMILES string of the molecule is COc1cccc(-c2ccc(F)c(C(C)(NC(=N)N(C)CO)c3ccccc3)c2)c1. The Hall–Kier alpha value is -3.38. The summed E-state index contributed by atoms with van der Waals surface area (Å²) in [6.07, 6.45) is 0. The fourth-order valence-corrected chi connectivity index (χ4v) is 3.36. The van der Waals surface area contributed by atoms with Gasteiger partial charge in [0, 0.05) is 12.6 Å². The number of nitrogens with one attached hydrogen (secondary N) is 2. The number of halogens is 1. The third kappa shape index (κ3) is 4.28. The Morgan fingerprint density at radius 1 is 1.07 bits per heavy atom. The summed E-state index contributed by atoms with van der Waals surface area (Å²) in [6.45, 7) is 1.50. The largest absolute Gasteiger partial charge is 0.497 e. The molecule has 0 radical (unpaired) electrons. The van der Waals surface area contributed by atoms with Gasteiger partial charge in [-0.15, -0.1) is 0 Å². The lowest BCUT2D eigenvalue weighted by Gasteiger charge is -2.35. The minimum absolute atomic E-state index is 0.0185. The van der Waals surface area contributed by atoms with Gasteiger partial charge in [-0.2, -0.15) is 0 Å². The first-order valence-corrected chi connectivity index (χ1v) is 9.57. The van der Waals surface area contributed by atoms with Gasteiger partial charge in [-0.1, -0.05) is 48.5 Å². The van der Waals surface area contributed by atoms with Gasteiger partial charge in [0.25, 0.3) is 0 Å². The van der Waals surface area contributed by atoms with Crippen molar-refractivity contribution in [3.05, 3.63) is 89.7 Å². The molecule has 0 saturated carbocycles. The van der Waals surface area contributed by atoms with Crippen LogP contribution in [0.4, 0.5) is 4.39 Å². The van der Waals surface area contributed by atoms with Gasteiger partial charge in [-0.05, 0) is 47.9 Å². The summed E-state index contributed by atoms with van der Waals surface area (Å²) in [5.74, 6) is 0.309. The summed E-state index contributed by atoms with van der Waals surface area (Å²) in [6, 6.07) is 21.9. The molecular formula is C24H26FN3O2. The highest BCUT2D eigenvalue weighted by Gasteiger charge is 2.33. The van der Waals surface area contributed by atoms with Gasteiger partial charge < -0.3 is 20.1 Å². The van der Waals surface area contributed by atoms with Crippen molar-refractivity contribution in [3.63, 3.8) is 0 Å². The summed E-state index contributed by atoms with van der Waals surface area (Å²) in [7, 11) is 3.19. The molecule has 0 aromatic heterocycles. The highest BCUT2D eigenvalue weighted by atomic mass is 19.1. The van der Waals surface area contributed by atoms with Crippen molar-refractivity contribution in [2.24, 2.45) is 0 Å². The van der Waals surface area contributed by atoms with E-state index in [4.69, 9.17) is 10.1 Å². The first-order valence-electron chi connectivity index (χ1n) is 9.57. The highest BCUT2D eigenvalue weighted by Crippen LogP contribution is 2.35. The van der Waals surface area contributed by atoms with E-state index < -0.39 is 5.54 Å². The fourth-order valence-electron chi connectivity index (χ4n) is 3.36. The summed E-state index contributed by atoms with van der Waals surface area (Å²) in [4.78, 5) is 1.34. The van der Waals surface area contributed by atoms with Crippen LogP contribution in [-0.4, -0.2) is 36.9 Å². The molecule has 1 atom stereocenters. The number of methoxy groups -OCH3 is 1. The van der Waals surface area contributed by atoms with Gasteiger partial charge in [0.05, 0.1) is 12.6 Å². The van der Waals surface area contributed by atoms with Crippen LogP contribution in [-0.2, 0) is 5.54 Å². The molecule has 0 fully saturated rings. The lowest BCUT2D eigenvalue weighted by atomic mass is 9.83. The van der Waals surface area contributed by atoms with Gasteiger partial charge >= 0.3 is 0 Å². The number of aliphatic hydroxyl groups excluding tert-OH is 1. The minimum atomic E-state index is -1.04. The molecule has 0 heterocycles. The number of benzene rings is 3. The molecule has 3 aromatic rings. The Morgan fingerprint density at radius 2 is 1.77 bits per heavy atom. The minimum Gasteiger partial charge on any atom is -0.497 e. The molecule has 0 amide bonds. The zero-order valence-electron chi connectivity index (χ0n) is 17.3. The summed E-state index contributed by atoms with van der Waals surface area (Å²) < 4.78 is 20.5. The first-order chi connectivity index (χ1) is 14.4. The second-order valence-electron chi connectivity index (χ2n) is 7.23. The number of aliphatic hydroxyl groups is 1. The van der Waals surface area contributed by atoms with E-state index in [2.05, 4.69) is 5.32 Å². The topological polar surface area (TPSA) is 68.6 Å². The molecule has 6 heteroatoms. The predicted molar refractivity (Wildman–Crippen MR) is 117 cm³/mol. The van der Waals surface area contributed by atoms with Gasteiger partial charge in [-0.3, -0.25) is 5.41 Å². The third-order valence-corrected chi connectivity index (χ3v) is 5.22. The quantitative estimate of drug-likeness (QED) is 0.326. The monoisotopic (exact) mass is 407 g/mol. The average molecular weight is 407 g/mol. The first kappa shape index (κ1) is 21.3. The van der Waals surface area contributed by atoms with Crippen LogP contribution < -0.4 is 10.1 Å². The smallest absolute Gasteiger partial charge is 0.193 e. The lowest BCUT2D eigenvalue weighted by molar-refractivity contribution is 0.184. The van der Waals surface area contributed by atoms with Crippen LogP contribution in [0, 0.1) is 11.2 Å². The standard InChI is InChI=1S/C24H26FN3O2/c1-24(19-9-5-4-6-10-19,27-23(26)28(2)16-29)21-15-18(12-13-22(21)25)17-8-7-11-20(14-17)30-3/h4-15,29H,16H2,1-3H3,(H2,26,27). The van der Waals surface area contributed by atoms with Gasteiger partial charge in [0.15, 0.2) is 5.96 Å². The van der Waals surface area contributed by atoms with Crippen LogP contribution in [0.5, 0.6) is 5.75 Å². The molecule has 0 aliphatic rings. The number of guanidine groups is 1. The van der Waals surface area contributed by atoms with Crippen LogP contribution >= 0.6 is 0 Å². The summed E-state index contributed by atoms with van der Waals surface area (Å²) in [5, 5.41) is 20.8. The van der Waals surface area contributed by atoms with Crippen molar-refractivity contribution in [2.75, 3.05) is 20.9 Å². The van der Waals surface area contributed by atoms with E-state index in [9.17, 15) is 5.11 Å². The second kappa shape index (κ2) is 8.97. The molecule has 30 heavy (non-hydrogen) atoms. The van der Waals surface area contributed by atoms with E-state index in [1.165, 1.54) is 11.0 Å². The van der Waals surface area contributed by atoms with Crippen LogP contribution in [0.25, 0.3) is 11.1 Å². The molecule has 0 saturated heterocycles. The number of nitrogens with zero attached hydrogens (tertiary/aromatic N) is 1. The molecular weight excluding hydrogens is 381 g/mol. The van der Waals surface area contributed by atoms with E-state index in [1.807, 2.05) is 61.5 Å². The van der Waals surface area contributed by atoms with E-state index in [-0.39, 0.29) is 18.5 Å². The molecule has 0 aliphatic heterocycles. The normalized spacial score (nSPS) is 12.7. The number of hydrogen-bond donors (Lipinski definition) is 3. The predicted octanol–water partition coefficient (Wildman–Crippen LogP) is 4.17. The fraction of sp³-hybridized carbons (Fsp3) is 0.208. The maximum absolute atomic E-state index is 15.1. The van der Waals surface area contributed by atoms with Crippen molar-refractivity contribution in [1.29, 1.82) is 5.41 Å². The Kier molecular flexibility index (Phi) is 6.37. The number of rotatable bonds is 6. The highest BCUT2D eigenvalue weighted by molar-refractivity contribution is 5.78. The zero-order chi connectivity index (χ0) is 21.7. The maximum atomic E-state index is 15.1.